The molecule has 12 heterocycles. The number of aromatic nitrogens is 16. The fourth-order valence-electron chi connectivity index (χ4n) is 11.6. The third-order valence-electron chi connectivity index (χ3n) is 18.1. The van der Waals surface area contributed by atoms with Crippen LogP contribution >= 0.6 is 47.0 Å². The summed E-state index contributed by atoms with van der Waals surface area (Å²) in [5.74, 6) is 16.4. The van der Waals surface area contributed by atoms with E-state index in [0.29, 0.717) is 127 Å². The molecule has 0 radical (unpaired) electrons. The summed E-state index contributed by atoms with van der Waals surface area (Å²) in [4.78, 5) is 144. The molecule has 0 saturated carbocycles. The third kappa shape index (κ3) is 33.2. The summed E-state index contributed by atoms with van der Waals surface area (Å²) in [5.41, 5.74) is 2.82. The van der Waals surface area contributed by atoms with Crippen molar-refractivity contribution in [2.45, 2.75) is 131 Å². The van der Waals surface area contributed by atoms with Crippen molar-refractivity contribution in [2.75, 3.05) is 161 Å². The van der Waals surface area contributed by atoms with Crippen LogP contribution in [0.2, 0.25) is 0 Å². The first-order valence-electron chi connectivity index (χ1n) is 39.9. The van der Waals surface area contributed by atoms with Gasteiger partial charge in [0.1, 0.15) is 0 Å². The van der Waals surface area contributed by atoms with Crippen LogP contribution in [0.3, 0.4) is 0 Å². The maximum absolute atomic E-state index is 13.0. The van der Waals surface area contributed by atoms with Gasteiger partial charge < -0.3 is 86.8 Å². The molecule has 134 heavy (non-hydrogen) atoms. The zero-order valence-corrected chi connectivity index (χ0v) is 76.5. The highest BCUT2D eigenvalue weighted by Gasteiger charge is 2.41. The SMILES string of the molecule is CC#CCn1c(N2CCNCC2)nc2nc(SCC(C)O)n(C)c(=O)c21.CC#CCn1c(N2CCNCC2)nc2nc(SCC(O)CO)n(C)c(=O)c21.CC#CCn1c(N2CCNCC2)nc2nc(SCCC(=O)O)n(C)c(=O)c21.CC#CCn1c(N2CCNCC2)nc2nc(SCCCO)n(C)c(=O)c21.O=C(O)C(F)(F)F.O=C(O)C(F)(F)F.O=C(O)C(F)(F)F.O=C(O)C(F)(F)F. The van der Waals surface area contributed by atoms with Crippen LogP contribution in [0.25, 0.3) is 44.7 Å². The number of thioether (sulfide) groups is 4. The summed E-state index contributed by atoms with van der Waals surface area (Å²) in [7, 11) is 6.72. The Kier molecular flexibility index (Phi) is 45.1. The maximum atomic E-state index is 13.0. The Morgan fingerprint density at radius 1 is 0.381 bits per heavy atom. The van der Waals surface area contributed by atoms with Crippen molar-refractivity contribution in [1.82, 2.24) is 97.7 Å². The number of carboxylic acids is 5. The predicted octanol–water partition coefficient (Wildman–Crippen LogP) is 1.74. The number of halogens is 12. The van der Waals surface area contributed by atoms with E-state index >= 15 is 0 Å². The normalized spacial score (nSPS) is 14.2. The molecule has 0 aromatic carbocycles. The molecule has 0 spiro atoms. The topological polar surface area (TPSA) is 539 Å². The molecule has 4 fully saturated rings. The summed E-state index contributed by atoms with van der Waals surface area (Å²) in [6, 6.07) is 0. The van der Waals surface area contributed by atoms with Gasteiger partial charge >= 0.3 is 54.6 Å². The maximum Gasteiger partial charge on any atom is 0.490 e. The molecule has 4 aliphatic rings. The Bertz CT molecular complexity index is 5770. The highest BCUT2D eigenvalue weighted by molar-refractivity contribution is 7.99. The number of aliphatic hydroxyl groups is 4. The quantitative estimate of drug-likeness (QED) is 0.0143. The average molecular weight is 1990 g/mol. The first kappa shape index (κ1) is 113. The lowest BCUT2D eigenvalue weighted by Gasteiger charge is -2.28. The number of nitrogens with one attached hydrogen (secondary N) is 4. The minimum atomic E-state index is -5.08. The summed E-state index contributed by atoms with van der Waals surface area (Å²) in [6.45, 7) is 23.6. The number of piperazine rings is 4. The second-order valence-electron chi connectivity index (χ2n) is 27.8. The molecule has 738 valence electrons. The number of hydrogen-bond acceptors (Lipinski definition) is 33. The fourth-order valence-corrected chi connectivity index (χ4v) is 15.0. The summed E-state index contributed by atoms with van der Waals surface area (Å²) in [5, 5.41) is 89.7. The van der Waals surface area contributed by atoms with Crippen molar-refractivity contribution in [3.05, 3.63) is 41.4 Å². The minimum absolute atomic E-state index is 0.00509. The molecule has 0 bridgehead atoms. The van der Waals surface area contributed by atoms with Crippen LogP contribution in [0.15, 0.2) is 39.8 Å². The number of fused-ring (bicyclic) bond motifs is 4. The Labute approximate surface area is 770 Å². The van der Waals surface area contributed by atoms with Gasteiger partial charge in [0.2, 0.25) is 23.8 Å². The highest BCUT2D eigenvalue weighted by Crippen LogP contribution is 2.29. The van der Waals surface area contributed by atoms with Crippen LogP contribution in [0, 0.1) is 47.4 Å². The zero-order chi connectivity index (χ0) is 100. The number of carboxylic acid groups (broad SMARTS) is 5. The molecular formula is C76H98F12N24O18S4. The molecule has 2 unspecified atom stereocenters. The van der Waals surface area contributed by atoms with Crippen molar-refractivity contribution < 1.29 is 123 Å². The van der Waals surface area contributed by atoms with Crippen LogP contribution in [-0.4, -0.2) is 330 Å². The summed E-state index contributed by atoms with van der Waals surface area (Å²) >= 11 is 5.28. The van der Waals surface area contributed by atoms with E-state index in [1.54, 1.807) is 67.4 Å². The first-order valence-corrected chi connectivity index (χ1v) is 43.8. The lowest BCUT2D eigenvalue weighted by atomic mass is 10.4. The molecule has 58 heteroatoms. The van der Waals surface area contributed by atoms with Gasteiger partial charge in [0.15, 0.2) is 65.3 Å². The van der Waals surface area contributed by atoms with Crippen LogP contribution in [-0.2, 0) is 78.3 Å². The number of alkyl halides is 12. The van der Waals surface area contributed by atoms with E-state index < -0.39 is 66.8 Å². The molecule has 4 saturated heterocycles. The smallest absolute Gasteiger partial charge is 0.481 e. The number of anilines is 4. The van der Waals surface area contributed by atoms with Crippen LogP contribution in [0.5, 0.6) is 0 Å². The Morgan fingerprint density at radius 2 is 0.604 bits per heavy atom. The summed E-state index contributed by atoms with van der Waals surface area (Å²) in [6.07, 6.45) is -21.0. The lowest BCUT2D eigenvalue weighted by Crippen LogP contribution is -2.44. The van der Waals surface area contributed by atoms with Gasteiger partial charge in [-0.05, 0) is 41.0 Å². The largest absolute Gasteiger partial charge is 0.490 e. The van der Waals surface area contributed by atoms with Crippen LogP contribution < -0.4 is 63.1 Å². The van der Waals surface area contributed by atoms with Gasteiger partial charge in [-0.25, -0.2) is 39.1 Å². The third-order valence-corrected chi connectivity index (χ3v) is 22.7. The molecule has 0 amide bonds. The van der Waals surface area contributed by atoms with Crippen molar-refractivity contribution in [3.63, 3.8) is 0 Å². The van der Waals surface area contributed by atoms with Gasteiger partial charge in [-0.2, -0.15) is 72.6 Å². The molecule has 4 aliphatic heterocycles. The number of imidazole rings is 4. The van der Waals surface area contributed by atoms with Crippen molar-refractivity contribution in [3.8, 4) is 47.4 Å². The lowest BCUT2D eigenvalue weighted by molar-refractivity contribution is -0.193. The van der Waals surface area contributed by atoms with Gasteiger partial charge in [0.05, 0.1) is 51.4 Å². The monoisotopic (exact) mass is 1990 g/mol. The molecule has 2 atom stereocenters. The Hall–Kier alpha value is -11.6. The van der Waals surface area contributed by atoms with E-state index in [9.17, 15) is 86.9 Å². The molecule has 8 aromatic rings. The van der Waals surface area contributed by atoms with Gasteiger partial charge in [-0.15, -0.1) is 23.7 Å². The number of nitrogens with zero attached hydrogens (tertiary/aromatic N) is 20. The molecule has 13 N–H and O–H groups in total. The molecular weight excluding hydrogens is 1890 g/mol. The highest BCUT2D eigenvalue weighted by atomic mass is 32.2. The molecule has 0 aliphatic carbocycles. The predicted molar refractivity (Wildman–Crippen MR) is 472 cm³/mol. The molecule has 12 rings (SSSR count). The number of rotatable bonds is 23. The van der Waals surface area contributed by atoms with Gasteiger partial charge in [0, 0.05) is 163 Å². The van der Waals surface area contributed by atoms with E-state index in [2.05, 4.69) is 128 Å². The Balaban J connectivity index is 0.000000287. The van der Waals surface area contributed by atoms with Crippen LogP contribution in [0.1, 0.15) is 47.5 Å². The fraction of sp³-hybridized carbons (Fsp3) is 0.566. The van der Waals surface area contributed by atoms with E-state index in [-0.39, 0.29) is 47.6 Å². The van der Waals surface area contributed by atoms with E-state index in [1.165, 1.54) is 60.7 Å². The van der Waals surface area contributed by atoms with Gasteiger partial charge in [-0.1, -0.05) is 70.7 Å². The summed E-state index contributed by atoms with van der Waals surface area (Å²) < 4.78 is 140. The molecule has 8 aromatic heterocycles. The number of hydrogen-bond donors (Lipinski definition) is 13. The van der Waals surface area contributed by atoms with Crippen LogP contribution in [0.4, 0.5) is 76.5 Å². The van der Waals surface area contributed by atoms with E-state index in [4.69, 9.17) is 54.9 Å². The number of aliphatic hydroxyl groups excluding tert-OH is 4. The van der Waals surface area contributed by atoms with E-state index in [1.807, 2.05) is 18.3 Å². The zero-order valence-electron chi connectivity index (χ0n) is 73.3. The molecule has 42 nitrogen and oxygen atoms in total. The second kappa shape index (κ2) is 53.5. The second-order valence-corrected chi connectivity index (χ2v) is 31.9. The average Bonchev–Trinajstić information content (AvgIpc) is 1.63. The Morgan fingerprint density at radius 3 is 0.806 bits per heavy atom. The number of carbonyl (C=O) groups is 5. The first-order chi connectivity index (χ1) is 63.1. The standard InChI is InChI=1S/C17H22N6O3S.C17H24N6O3S.2C17H24N6O2S.4C2HF3O2/c1-3-4-8-23-13-14(19-16(23)22-9-6-18-7-10-22)20-17(21(2)15(13)26)27-11-5-12(24)25;1-3-4-7-23-13-14(19-16(23)22-8-5-18-6-9-22)20-17(21(2)15(13)26)27-11-12(25)10-24;1-4-5-8-23-13-14(19-16(23)22-9-6-18-7-10-22)20-17(21(3)15(13)25)26-11-12(2)24;1-3-4-8-23-13-14(19-16(23)22-9-6-18-7-10-22)20-17(21(2)15(13)25)26-12-5-11-24;4*3-2(4,5)1(6)7/h18H,5-11H2,1-2H3,(H,24,25);12,18,24-25H,5-11H2,1-2H3;12,18,24H,6-11H2,1-3H3;18,24H,5-12H2,1-2H3;4*(H,6,7). The minimum Gasteiger partial charge on any atom is -0.481 e. The van der Waals surface area contributed by atoms with Gasteiger partial charge in [0.25, 0.3) is 22.2 Å². The van der Waals surface area contributed by atoms with Crippen molar-refractivity contribution in [2.24, 2.45) is 28.2 Å². The van der Waals surface area contributed by atoms with E-state index in [0.717, 1.165) is 117 Å². The van der Waals surface area contributed by atoms with Crippen molar-refractivity contribution >= 4 is 145 Å². The van der Waals surface area contributed by atoms with Gasteiger partial charge in [-0.3, -0.25) is 60.5 Å². The number of aliphatic carboxylic acids is 5. The van der Waals surface area contributed by atoms with Crippen molar-refractivity contribution in [1.29, 1.82) is 0 Å².